The number of aromatic nitrogens is 2. The fourth-order valence-electron chi connectivity index (χ4n) is 3.08. The maximum absolute atomic E-state index is 5.52. The van der Waals surface area contributed by atoms with Crippen molar-refractivity contribution in [3.63, 3.8) is 0 Å². The van der Waals surface area contributed by atoms with Crippen LogP contribution in [0.15, 0.2) is 22.7 Å². The molecule has 1 aromatic carbocycles. The van der Waals surface area contributed by atoms with Gasteiger partial charge < -0.3 is 14.6 Å². The number of hydrogen-bond donors (Lipinski definition) is 1. The molecule has 5 heteroatoms. The van der Waals surface area contributed by atoms with E-state index in [1.54, 1.807) is 7.11 Å². The van der Waals surface area contributed by atoms with Crippen LogP contribution >= 0.6 is 0 Å². The fourth-order valence-corrected chi connectivity index (χ4v) is 3.08. The first kappa shape index (κ1) is 12.8. The van der Waals surface area contributed by atoms with Crippen LogP contribution in [-0.4, -0.2) is 23.8 Å². The molecule has 2 heterocycles. The van der Waals surface area contributed by atoms with E-state index in [1.165, 1.54) is 24.1 Å². The molecule has 1 saturated carbocycles. The largest absolute Gasteiger partial charge is 0.385 e. The Labute approximate surface area is 123 Å². The van der Waals surface area contributed by atoms with Crippen LogP contribution < -0.4 is 5.32 Å². The monoisotopic (exact) mass is 285 g/mol. The van der Waals surface area contributed by atoms with Crippen LogP contribution in [0.3, 0.4) is 0 Å². The number of anilines is 1. The second-order valence-corrected chi connectivity index (χ2v) is 5.81. The van der Waals surface area contributed by atoms with Crippen LogP contribution in [-0.2, 0) is 11.2 Å². The lowest BCUT2D eigenvalue weighted by atomic mass is 9.97. The van der Waals surface area contributed by atoms with Gasteiger partial charge in [0.15, 0.2) is 0 Å². The van der Waals surface area contributed by atoms with Gasteiger partial charge in [-0.25, -0.2) is 0 Å². The van der Waals surface area contributed by atoms with E-state index in [0.29, 0.717) is 17.6 Å². The highest BCUT2D eigenvalue weighted by molar-refractivity contribution is 5.69. The van der Waals surface area contributed by atoms with Gasteiger partial charge >= 0.3 is 0 Å². The normalized spacial score (nSPS) is 18.9. The number of nitrogens with zero attached hydrogens (tertiary/aromatic N) is 2. The van der Waals surface area contributed by atoms with Crippen molar-refractivity contribution in [2.24, 2.45) is 5.92 Å². The molecular weight excluding hydrogens is 266 g/mol. The van der Waals surface area contributed by atoms with E-state index in [9.17, 15) is 0 Å². The van der Waals surface area contributed by atoms with Gasteiger partial charge in [-0.3, -0.25) is 0 Å². The van der Waals surface area contributed by atoms with E-state index >= 15 is 0 Å². The Balaban J connectivity index is 1.69. The third-order valence-corrected chi connectivity index (χ3v) is 4.33. The van der Waals surface area contributed by atoms with Crippen molar-refractivity contribution in [2.75, 3.05) is 19.0 Å². The number of hydrogen-bond acceptors (Lipinski definition) is 5. The summed E-state index contributed by atoms with van der Waals surface area (Å²) in [5.74, 6) is 1.83. The van der Waals surface area contributed by atoms with Crippen molar-refractivity contribution in [3.8, 4) is 11.5 Å². The highest BCUT2D eigenvalue weighted by Crippen LogP contribution is 2.42. The summed E-state index contributed by atoms with van der Waals surface area (Å²) in [5, 5.41) is 7.57. The van der Waals surface area contributed by atoms with Gasteiger partial charge in [-0.15, -0.1) is 0 Å². The van der Waals surface area contributed by atoms with Crippen LogP contribution in [0.4, 0.5) is 5.69 Å². The molecule has 0 amide bonds. The Bertz CT molecular complexity index is 649. The number of methoxy groups -OCH3 is 1. The molecule has 1 atom stereocenters. The van der Waals surface area contributed by atoms with Crippen molar-refractivity contribution >= 4 is 5.69 Å². The minimum absolute atomic E-state index is 0.0276. The van der Waals surface area contributed by atoms with Gasteiger partial charge in [-0.2, -0.15) is 4.98 Å². The summed E-state index contributed by atoms with van der Waals surface area (Å²) in [6, 6.07) is 6.20. The molecule has 2 aliphatic rings. The van der Waals surface area contributed by atoms with Crippen molar-refractivity contribution in [2.45, 2.75) is 31.8 Å². The van der Waals surface area contributed by atoms with E-state index < -0.39 is 0 Å². The zero-order valence-corrected chi connectivity index (χ0v) is 12.1. The minimum Gasteiger partial charge on any atom is -0.385 e. The van der Waals surface area contributed by atoms with Crippen LogP contribution in [0.25, 0.3) is 11.5 Å². The van der Waals surface area contributed by atoms with Gasteiger partial charge in [-0.1, -0.05) is 11.2 Å². The molecule has 0 saturated heterocycles. The summed E-state index contributed by atoms with van der Waals surface area (Å²) in [6.45, 7) is 1.03. The maximum Gasteiger partial charge on any atom is 0.258 e. The summed E-state index contributed by atoms with van der Waals surface area (Å²) < 4.78 is 11.0. The first-order chi connectivity index (χ1) is 10.4. The first-order valence-electron chi connectivity index (χ1n) is 7.59. The number of ether oxygens (including phenoxy) is 1. The summed E-state index contributed by atoms with van der Waals surface area (Å²) in [4.78, 5) is 4.59. The molecule has 1 fully saturated rings. The topological polar surface area (TPSA) is 60.2 Å². The molecule has 4 rings (SSSR count). The molecule has 110 valence electrons. The lowest BCUT2D eigenvalue weighted by molar-refractivity contribution is 0.0751. The maximum atomic E-state index is 5.52. The summed E-state index contributed by atoms with van der Waals surface area (Å²) in [7, 11) is 1.72. The molecule has 0 radical (unpaired) electrons. The predicted molar refractivity (Wildman–Crippen MR) is 79.0 cm³/mol. The van der Waals surface area contributed by atoms with Crippen molar-refractivity contribution in [1.29, 1.82) is 0 Å². The molecule has 1 aliphatic heterocycles. The van der Waals surface area contributed by atoms with E-state index in [2.05, 4.69) is 27.6 Å². The zero-order valence-electron chi connectivity index (χ0n) is 12.1. The van der Waals surface area contributed by atoms with Gasteiger partial charge in [-0.05, 0) is 49.3 Å². The summed E-state index contributed by atoms with van der Waals surface area (Å²) in [6.07, 6.45) is 4.53. The molecule has 21 heavy (non-hydrogen) atoms. The molecule has 1 N–H and O–H groups in total. The average molecular weight is 285 g/mol. The minimum atomic E-state index is -0.0276. The highest BCUT2D eigenvalue weighted by atomic mass is 16.5. The molecule has 0 bridgehead atoms. The number of benzene rings is 1. The smallest absolute Gasteiger partial charge is 0.258 e. The zero-order chi connectivity index (χ0) is 14.2. The standard InChI is InChI=1S/C16H19N3O2/c1-20-14(10-7-8-10)15-18-16(21-19-15)12-4-2-6-13-11(12)5-3-9-17-13/h2,4,6,10,14,17H,3,5,7-9H2,1H3. The third kappa shape index (κ3) is 2.31. The summed E-state index contributed by atoms with van der Waals surface area (Å²) in [5.41, 5.74) is 3.51. The molecule has 1 aromatic heterocycles. The average Bonchev–Trinajstić information content (AvgIpc) is 3.25. The Morgan fingerprint density at radius 3 is 3.10 bits per heavy atom. The predicted octanol–water partition coefficient (Wildman–Crippen LogP) is 3.19. The van der Waals surface area contributed by atoms with Crippen LogP contribution in [0.2, 0.25) is 0 Å². The van der Waals surface area contributed by atoms with Crippen molar-refractivity contribution in [3.05, 3.63) is 29.6 Å². The number of fused-ring (bicyclic) bond motifs is 1. The van der Waals surface area contributed by atoms with E-state index in [-0.39, 0.29) is 6.10 Å². The second-order valence-electron chi connectivity index (χ2n) is 5.81. The number of nitrogens with one attached hydrogen (secondary N) is 1. The fraction of sp³-hybridized carbons (Fsp3) is 0.500. The third-order valence-electron chi connectivity index (χ3n) is 4.33. The molecule has 0 spiro atoms. The van der Waals surface area contributed by atoms with Crippen molar-refractivity contribution < 1.29 is 9.26 Å². The lowest BCUT2D eigenvalue weighted by Crippen LogP contribution is -2.12. The van der Waals surface area contributed by atoms with Gasteiger partial charge in [0.1, 0.15) is 6.10 Å². The summed E-state index contributed by atoms with van der Waals surface area (Å²) >= 11 is 0. The van der Waals surface area contributed by atoms with Gasteiger partial charge in [0.25, 0.3) is 5.89 Å². The Morgan fingerprint density at radius 2 is 2.29 bits per heavy atom. The van der Waals surface area contributed by atoms with Crippen LogP contribution in [0.1, 0.15) is 36.8 Å². The van der Waals surface area contributed by atoms with Gasteiger partial charge in [0.2, 0.25) is 5.82 Å². The molecule has 5 nitrogen and oxygen atoms in total. The van der Waals surface area contributed by atoms with Gasteiger partial charge in [0.05, 0.1) is 0 Å². The highest BCUT2D eigenvalue weighted by Gasteiger charge is 2.35. The van der Waals surface area contributed by atoms with Crippen LogP contribution in [0, 0.1) is 5.92 Å². The molecular formula is C16H19N3O2. The van der Waals surface area contributed by atoms with Crippen LogP contribution in [0.5, 0.6) is 0 Å². The molecule has 1 aliphatic carbocycles. The Hall–Kier alpha value is -1.88. The number of rotatable bonds is 4. The van der Waals surface area contributed by atoms with Crippen molar-refractivity contribution in [1.82, 2.24) is 10.1 Å². The second kappa shape index (κ2) is 5.15. The Morgan fingerprint density at radius 1 is 1.38 bits per heavy atom. The quantitative estimate of drug-likeness (QED) is 0.934. The van der Waals surface area contributed by atoms with E-state index in [4.69, 9.17) is 9.26 Å². The van der Waals surface area contributed by atoms with E-state index in [1.807, 2.05) is 6.07 Å². The van der Waals surface area contributed by atoms with Gasteiger partial charge in [0, 0.05) is 24.9 Å². The SMILES string of the molecule is COC(c1noc(-c2cccc3c2CCCN3)n1)C1CC1. The lowest BCUT2D eigenvalue weighted by Gasteiger charge is -2.19. The molecule has 1 unspecified atom stereocenters. The first-order valence-corrected chi connectivity index (χ1v) is 7.59. The Kier molecular flexibility index (Phi) is 3.15. The molecule has 2 aromatic rings. The van der Waals surface area contributed by atoms with E-state index in [0.717, 1.165) is 24.9 Å².